The molecule has 70 valence electrons. The minimum atomic E-state index is -0.652. The lowest BCUT2D eigenvalue weighted by Gasteiger charge is -2.46. The van der Waals surface area contributed by atoms with Gasteiger partial charge in [0.05, 0.1) is 18.7 Å². The maximum absolute atomic E-state index is 11.5. The van der Waals surface area contributed by atoms with Crippen molar-refractivity contribution in [3.05, 3.63) is 0 Å². The van der Waals surface area contributed by atoms with Crippen molar-refractivity contribution in [2.75, 3.05) is 13.1 Å². The van der Waals surface area contributed by atoms with Gasteiger partial charge in [0.15, 0.2) is 0 Å². The van der Waals surface area contributed by atoms with Crippen molar-refractivity contribution < 1.29 is 9.90 Å². The van der Waals surface area contributed by atoms with Crippen molar-refractivity contribution in [1.82, 2.24) is 4.90 Å². The molecule has 1 aliphatic rings. The summed E-state index contributed by atoms with van der Waals surface area (Å²) in [6.07, 6.45) is 0. The van der Waals surface area contributed by atoms with E-state index in [1.54, 1.807) is 11.8 Å². The third-order valence-electron chi connectivity index (χ3n) is 1.99. The Kier molecular flexibility index (Phi) is 1.95. The first kappa shape index (κ1) is 9.52. The number of hydrogen-bond donors (Lipinski definition) is 1. The van der Waals surface area contributed by atoms with E-state index < -0.39 is 5.60 Å². The highest BCUT2D eigenvalue weighted by Gasteiger charge is 2.42. The van der Waals surface area contributed by atoms with Crippen molar-refractivity contribution in [1.29, 1.82) is 0 Å². The van der Waals surface area contributed by atoms with E-state index in [1.807, 2.05) is 20.8 Å². The van der Waals surface area contributed by atoms with Crippen molar-refractivity contribution in [2.24, 2.45) is 5.41 Å². The first-order chi connectivity index (χ1) is 5.22. The van der Waals surface area contributed by atoms with E-state index in [2.05, 4.69) is 0 Å². The second kappa shape index (κ2) is 2.46. The van der Waals surface area contributed by atoms with E-state index in [1.165, 1.54) is 0 Å². The number of hydrogen-bond acceptors (Lipinski definition) is 2. The molecule has 1 N–H and O–H groups in total. The first-order valence-electron chi connectivity index (χ1n) is 4.24. The van der Waals surface area contributed by atoms with Gasteiger partial charge < -0.3 is 10.0 Å². The summed E-state index contributed by atoms with van der Waals surface area (Å²) in [7, 11) is 0. The molecule has 1 rings (SSSR count). The number of carbonyl (C=O) groups excluding carboxylic acids is 1. The molecule has 1 saturated heterocycles. The lowest BCUT2D eigenvalue weighted by Crippen LogP contribution is -2.63. The van der Waals surface area contributed by atoms with Gasteiger partial charge in [-0.2, -0.15) is 0 Å². The summed E-state index contributed by atoms with van der Waals surface area (Å²) in [5, 5.41) is 9.40. The van der Waals surface area contributed by atoms with E-state index in [-0.39, 0.29) is 11.3 Å². The van der Waals surface area contributed by atoms with Gasteiger partial charge in [-0.1, -0.05) is 20.8 Å². The molecule has 0 aromatic rings. The summed E-state index contributed by atoms with van der Waals surface area (Å²) in [4.78, 5) is 13.2. The number of aliphatic hydroxyl groups is 1. The Morgan fingerprint density at radius 1 is 1.42 bits per heavy atom. The summed E-state index contributed by atoms with van der Waals surface area (Å²) in [6.45, 7) is 8.37. The van der Waals surface area contributed by atoms with Crippen LogP contribution in [-0.2, 0) is 4.79 Å². The zero-order chi connectivity index (χ0) is 9.57. The molecule has 0 aromatic heterocycles. The molecule has 0 radical (unpaired) electrons. The molecule has 3 nitrogen and oxygen atoms in total. The van der Waals surface area contributed by atoms with Crippen LogP contribution in [0.5, 0.6) is 0 Å². The monoisotopic (exact) mass is 171 g/mol. The van der Waals surface area contributed by atoms with E-state index in [4.69, 9.17) is 0 Å². The van der Waals surface area contributed by atoms with Gasteiger partial charge in [0, 0.05) is 5.41 Å². The van der Waals surface area contributed by atoms with Gasteiger partial charge in [0.1, 0.15) is 0 Å². The molecule has 1 aliphatic heterocycles. The Morgan fingerprint density at radius 3 is 2.08 bits per heavy atom. The maximum atomic E-state index is 11.5. The van der Waals surface area contributed by atoms with Crippen LogP contribution in [0.25, 0.3) is 0 Å². The highest BCUT2D eigenvalue weighted by Crippen LogP contribution is 2.26. The summed E-state index contributed by atoms with van der Waals surface area (Å²) >= 11 is 0. The average molecular weight is 171 g/mol. The van der Waals surface area contributed by atoms with Crippen LogP contribution in [0, 0.1) is 5.41 Å². The van der Waals surface area contributed by atoms with Crippen LogP contribution in [-0.4, -0.2) is 34.6 Å². The van der Waals surface area contributed by atoms with Gasteiger partial charge in [-0.3, -0.25) is 4.79 Å². The SMILES string of the molecule is CC1(O)CN(C(=O)C(C)(C)C)C1. The maximum Gasteiger partial charge on any atom is 0.228 e. The minimum absolute atomic E-state index is 0.119. The lowest BCUT2D eigenvalue weighted by atomic mass is 9.89. The molecule has 1 heterocycles. The number of rotatable bonds is 0. The Morgan fingerprint density at radius 2 is 1.83 bits per heavy atom. The van der Waals surface area contributed by atoms with E-state index >= 15 is 0 Å². The fourth-order valence-corrected chi connectivity index (χ4v) is 1.39. The number of likely N-dealkylation sites (tertiary alicyclic amines) is 1. The molecule has 12 heavy (non-hydrogen) atoms. The first-order valence-corrected chi connectivity index (χ1v) is 4.24. The van der Waals surface area contributed by atoms with Gasteiger partial charge in [0.25, 0.3) is 0 Å². The predicted octanol–water partition coefficient (Wildman–Crippen LogP) is 0.626. The lowest BCUT2D eigenvalue weighted by molar-refractivity contribution is -0.160. The molecule has 0 bridgehead atoms. The van der Waals surface area contributed by atoms with Crippen LogP contribution in [0.1, 0.15) is 27.7 Å². The molecule has 0 aromatic carbocycles. The molecular formula is C9H17NO2. The van der Waals surface area contributed by atoms with Crippen LogP contribution in [0.3, 0.4) is 0 Å². The Bertz CT molecular complexity index is 195. The minimum Gasteiger partial charge on any atom is -0.386 e. The zero-order valence-corrected chi connectivity index (χ0v) is 8.22. The molecule has 0 aliphatic carbocycles. The molecule has 0 spiro atoms. The normalized spacial score (nSPS) is 21.9. The number of amides is 1. The highest BCUT2D eigenvalue weighted by atomic mass is 16.3. The molecule has 3 heteroatoms. The second-order valence-electron chi connectivity index (χ2n) is 4.91. The van der Waals surface area contributed by atoms with Crippen LogP contribution < -0.4 is 0 Å². The molecular weight excluding hydrogens is 154 g/mol. The van der Waals surface area contributed by atoms with Gasteiger partial charge in [-0.15, -0.1) is 0 Å². The largest absolute Gasteiger partial charge is 0.386 e. The van der Waals surface area contributed by atoms with E-state index in [0.717, 1.165) is 0 Å². The zero-order valence-electron chi connectivity index (χ0n) is 8.22. The Balaban J connectivity index is 2.50. The number of β-amino-alcohol motifs (C(OH)–C–C–N with tert-alkyl or cyclic N) is 1. The smallest absolute Gasteiger partial charge is 0.228 e. The number of carbonyl (C=O) groups is 1. The Hall–Kier alpha value is -0.570. The molecule has 0 saturated carbocycles. The van der Waals surface area contributed by atoms with Crippen molar-refractivity contribution in [3.8, 4) is 0 Å². The third kappa shape index (κ3) is 1.78. The van der Waals surface area contributed by atoms with Crippen LogP contribution in [0.2, 0.25) is 0 Å². The van der Waals surface area contributed by atoms with Crippen LogP contribution >= 0.6 is 0 Å². The summed E-state index contributed by atoms with van der Waals surface area (Å²) < 4.78 is 0. The fraction of sp³-hybridized carbons (Fsp3) is 0.889. The highest BCUT2D eigenvalue weighted by molar-refractivity contribution is 5.82. The molecule has 0 unspecified atom stereocenters. The third-order valence-corrected chi connectivity index (χ3v) is 1.99. The summed E-state index contributed by atoms with van der Waals surface area (Å²) in [5.74, 6) is 0.119. The predicted molar refractivity (Wildman–Crippen MR) is 46.7 cm³/mol. The van der Waals surface area contributed by atoms with Crippen LogP contribution in [0.4, 0.5) is 0 Å². The average Bonchev–Trinajstić information content (AvgIpc) is 1.78. The van der Waals surface area contributed by atoms with Gasteiger partial charge in [-0.05, 0) is 6.92 Å². The van der Waals surface area contributed by atoms with E-state index in [0.29, 0.717) is 13.1 Å². The molecule has 1 fully saturated rings. The van der Waals surface area contributed by atoms with Crippen molar-refractivity contribution in [3.63, 3.8) is 0 Å². The van der Waals surface area contributed by atoms with Crippen molar-refractivity contribution >= 4 is 5.91 Å². The topological polar surface area (TPSA) is 40.5 Å². The number of nitrogens with zero attached hydrogens (tertiary/aromatic N) is 1. The van der Waals surface area contributed by atoms with Gasteiger partial charge in [-0.25, -0.2) is 0 Å². The summed E-state index contributed by atoms with van der Waals surface area (Å²) in [6, 6.07) is 0. The fourth-order valence-electron chi connectivity index (χ4n) is 1.39. The quantitative estimate of drug-likeness (QED) is 0.580. The Labute approximate surface area is 73.4 Å². The second-order valence-corrected chi connectivity index (χ2v) is 4.91. The van der Waals surface area contributed by atoms with E-state index in [9.17, 15) is 9.90 Å². The molecule has 0 atom stereocenters. The van der Waals surface area contributed by atoms with Crippen LogP contribution in [0.15, 0.2) is 0 Å². The summed E-state index contributed by atoms with van der Waals surface area (Å²) in [5.41, 5.74) is -0.975. The van der Waals surface area contributed by atoms with Gasteiger partial charge in [0.2, 0.25) is 5.91 Å². The van der Waals surface area contributed by atoms with Gasteiger partial charge >= 0.3 is 0 Å². The standard InChI is InChI=1S/C9H17NO2/c1-8(2,3)7(11)10-5-9(4,12)6-10/h12H,5-6H2,1-4H3. The van der Waals surface area contributed by atoms with Crippen molar-refractivity contribution in [2.45, 2.75) is 33.3 Å². The molecule has 1 amide bonds.